The lowest BCUT2D eigenvalue weighted by atomic mass is 10.1. The zero-order chi connectivity index (χ0) is 18.8. The van der Waals surface area contributed by atoms with Crippen LogP contribution in [0.25, 0.3) is 11.4 Å². The van der Waals surface area contributed by atoms with E-state index < -0.39 is 17.5 Å². The Hall–Kier alpha value is -2.75. The van der Waals surface area contributed by atoms with Gasteiger partial charge in [0.15, 0.2) is 5.82 Å². The van der Waals surface area contributed by atoms with Crippen LogP contribution in [0.15, 0.2) is 34.8 Å². The largest absolute Gasteiger partial charge is 0.321 e. The molecule has 3 rings (SSSR count). The lowest BCUT2D eigenvalue weighted by molar-refractivity contribution is -0.117. The van der Waals surface area contributed by atoms with Crippen molar-refractivity contribution in [2.45, 2.75) is 13.5 Å². The molecule has 0 saturated heterocycles. The molecule has 0 aliphatic carbocycles. The van der Waals surface area contributed by atoms with Gasteiger partial charge in [-0.3, -0.25) is 4.79 Å². The van der Waals surface area contributed by atoms with E-state index in [1.165, 1.54) is 12.1 Å². The normalized spacial score (nSPS) is 10.8. The lowest BCUT2D eigenvalue weighted by Gasteiger charge is -2.08. The van der Waals surface area contributed by atoms with Gasteiger partial charge < -0.3 is 5.32 Å². The topological polar surface area (TPSA) is 72.7 Å². The minimum Gasteiger partial charge on any atom is -0.321 e. The number of aromatic nitrogens is 4. The van der Waals surface area contributed by atoms with Crippen molar-refractivity contribution in [2.75, 3.05) is 5.32 Å². The highest BCUT2D eigenvalue weighted by Crippen LogP contribution is 2.26. The monoisotopic (exact) mass is 425 g/mol. The van der Waals surface area contributed by atoms with E-state index in [0.29, 0.717) is 17.2 Å². The standard InChI is InChI=1S/C16H11BrF3N5O/c1-8-4-9(2-3-12(8)19)16-22-24-25(23-16)7-14(26)21-15-11(17)5-10(18)6-13(15)20/h2-6H,7H2,1H3,(H,21,26). The van der Waals surface area contributed by atoms with Crippen LogP contribution in [0.5, 0.6) is 0 Å². The average molecular weight is 426 g/mol. The van der Waals surface area contributed by atoms with E-state index in [4.69, 9.17) is 0 Å². The molecule has 26 heavy (non-hydrogen) atoms. The Morgan fingerprint density at radius 1 is 1.19 bits per heavy atom. The highest BCUT2D eigenvalue weighted by atomic mass is 79.9. The van der Waals surface area contributed by atoms with Crippen molar-refractivity contribution < 1.29 is 18.0 Å². The van der Waals surface area contributed by atoms with Crippen LogP contribution >= 0.6 is 15.9 Å². The first-order valence-corrected chi connectivity index (χ1v) is 8.11. The third-order valence-electron chi connectivity index (χ3n) is 3.43. The van der Waals surface area contributed by atoms with Gasteiger partial charge in [-0.25, -0.2) is 13.2 Å². The fraction of sp³-hybridized carbons (Fsp3) is 0.125. The number of hydrogen-bond donors (Lipinski definition) is 1. The zero-order valence-electron chi connectivity index (χ0n) is 13.3. The molecule has 1 aromatic heterocycles. The Labute approximate surface area is 154 Å². The molecule has 0 aliphatic rings. The number of nitrogens with one attached hydrogen (secondary N) is 1. The fourth-order valence-electron chi connectivity index (χ4n) is 2.18. The first kappa shape index (κ1) is 18.1. The molecule has 1 amide bonds. The van der Waals surface area contributed by atoms with Gasteiger partial charge in [-0.1, -0.05) is 0 Å². The number of anilines is 1. The Bertz CT molecular complexity index is 969. The van der Waals surface area contributed by atoms with E-state index in [-0.39, 0.29) is 28.3 Å². The second kappa shape index (κ2) is 7.24. The van der Waals surface area contributed by atoms with Gasteiger partial charge in [0, 0.05) is 16.1 Å². The van der Waals surface area contributed by atoms with E-state index in [1.54, 1.807) is 13.0 Å². The summed E-state index contributed by atoms with van der Waals surface area (Å²) in [4.78, 5) is 13.1. The van der Waals surface area contributed by atoms with Crippen LogP contribution in [0.4, 0.5) is 18.9 Å². The molecule has 0 atom stereocenters. The van der Waals surface area contributed by atoms with Gasteiger partial charge in [0.05, 0.1) is 5.69 Å². The third kappa shape index (κ3) is 3.90. The Balaban J connectivity index is 1.73. The number of amides is 1. The zero-order valence-corrected chi connectivity index (χ0v) is 14.9. The highest BCUT2D eigenvalue weighted by molar-refractivity contribution is 9.10. The van der Waals surface area contributed by atoms with Gasteiger partial charge in [0.1, 0.15) is 18.2 Å². The molecule has 0 aliphatic heterocycles. The van der Waals surface area contributed by atoms with Crippen molar-refractivity contribution in [1.82, 2.24) is 20.2 Å². The molecule has 0 saturated carbocycles. The van der Waals surface area contributed by atoms with Crippen molar-refractivity contribution in [3.05, 3.63) is 57.8 Å². The van der Waals surface area contributed by atoms with Crippen LogP contribution < -0.4 is 5.32 Å². The number of hydrogen-bond acceptors (Lipinski definition) is 4. The second-order valence-electron chi connectivity index (χ2n) is 5.40. The number of rotatable bonds is 4. The summed E-state index contributed by atoms with van der Waals surface area (Å²) < 4.78 is 40.2. The number of tetrazole rings is 1. The fourth-order valence-corrected chi connectivity index (χ4v) is 2.69. The molecule has 0 fully saturated rings. The molecule has 0 unspecified atom stereocenters. The Kier molecular flexibility index (Phi) is 5.03. The van der Waals surface area contributed by atoms with Crippen molar-refractivity contribution >= 4 is 27.5 Å². The number of carbonyl (C=O) groups excluding carboxylic acids is 1. The van der Waals surface area contributed by atoms with E-state index >= 15 is 0 Å². The molecular formula is C16H11BrF3N5O. The predicted octanol–water partition coefficient (Wildman–Crippen LogP) is 3.47. The molecule has 0 radical (unpaired) electrons. The Morgan fingerprint density at radius 3 is 2.65 bits per heavy atom. The SMILES string of the molecule is Cc1cc(-c2nnn(CC(=O)Nc3c(F)cc(F)cc3Br)n2)ccc1F. The van der Waals surface area contributed by atoms with Crippen molar-refractivity contribution in [3.8, 4) is 11.4 Å². The number of halogens is 4. The van der Waals surface area contributed by atoms with E-state index in [9.17, 15) is 18.0 Å². The maximum absolute atomic E-state index is 13.7. The van der Waals surface area contributed by atoms with Crippen LogP contribution in [0.3, 0.4) is 0 Å². The molecule has 0 spiro atoms. The van der Waals surface area contributed by atoms with Gasteiger partial charge in [-0.05, 0) is 57.9 Å². The summed E-state index contributed by atoms with van der Waals surface area (Å²) in [5.74, 6) is -2.46. The summed E-state index contributed by atoms with van der Waals surface area (Å²) in [6, 6.07) is 6.02. The molecule has 2 aromatic carbocycles. The minimum atomic E-state index is -0.917. The Morgan fingerprint density at radius 2 is 1.96 bits per heavy atom. The van der Waals surface area contributed by atoms with E-state index in [0.717, 1.165) is 10.9 Å². The summed E-state index contributed by atoms with van der Waals surface area (Å²) in [7, 11) is 0. The number of benzene rings is 2. The van der Waals surface area contributed by atoms with Crippen LogP contribution in [0.2, 0.25) is 0 Å². The second-order valence-corrected chi connectivity index (χ2v) is 6.25. The molecule has 134 valence electrons. The van der Waals surface area contributed by atoms with Gasteiger partial charge >= 0.3 is 0 Å². The molecule has 3 aromatic rings. The molecule has 0 bridgehead atoms. The van der Waals surface area contributed by atoms with Crippen molar-refractivity contribution in [2.24, 2.45) is 0 Å². The molecule has 10 heteroatoms. The summed E-state index contributed by atoms with van der Waals surface area (Å²) in [5.41, 5.74) is 0.780. The maximum Gasteiger partial charge on any atom is 0.248 e. The lowest BCUT2D eigenvalue weighted by Crippen LogP contribution is -2.21. The van der Waals surface area contributed by atoms with Gasteiger partial charge in [-0.2, -0.15) is 4.80 Å². The van der Waals surface area contributed by atoms with E-state index in [2.05, 4.69) is 36.7 Å². The summed E-state index contributed by atoms with van der Waals surface area (Å²) >= 11 is 2.98. The third-order valence-corrected chi connectivity index (χ3v) is 4.05. The molecule has 1 heterocycles. The number of aryl methyl sites for hydroxylation is 1. The minimum absolute atomic E-state index is 0.0670. The van der Waals surface area contributed by atoms with Crippen molar-refractivity contribution in [1.29, 1.82) is 0 Å². The number of carbonyl (C=O) groups is 1. The van der Waals surface area contributed by atoms with E-state index in [1.807, 2.05) is 0 Å². The van der Waals surface area contributed by atoms with Crippen LogP contribution in [-0.4, -0.2) is 26.1 Å². The van der Waals surface area contributed by atoms with Crippen molar-refractivity contribution in [3.63, 3.8) is 0 Å². The van der Waals surface area contributed by atoms with Gasteiger partial charge in [0.2, 0.25) is 11.7 Å². The molecular weight excluding hydrogens is 415 g/mol. The molecule has 6 nitrogen and oxygen atoms in total. The molecule has 1 N–H and O–H groups in total. The average Bonchev–Trinajstić information content (AvgIpc) is 3.02. The first-order chi connectivity index (χ1) is 12.3. The maximum atomic E-state index is 13.7. The summed E-state index contributed by atoms with van der Waals surface area (Å²) in [6.07, 6.45) is 0. The van der Waals surface area contributed by atoms with Crippen LogP contribution in [0.1, 0.15) is 5.56 Å². The van der Waals surface area contributed by atoms with Gasteiger partial charge in [0.25, 0.3) is 0 Å². The quantitative estimate of drug-likeness (QED) is 0.694. The summed E-state index contributed by atoms with van der Waals surface area (Å²) in [6.45, 7) is 1.27. The van der Waals surface area contributed by atoms with Crippen LogP contribution in [0, 0.1) is 24.4 Å². The number of nitrogens with zero attached hydrogens (tertiary/aromatic N) is 4. The highest BCUT2D eigenvalue weighted by Gasteiger charge is 2.15. The van der Waals surface area contributed by atoms with Crippen LogP contribution in [-0.2, 0) is 11.3 Å². The predicted molar refractivity (Wildman–Crippen MR) is 90.6 cm³/mol. The summed E-state index contributed by atoms with van der Waals surface area (Å²) in [5, 5.41) is 13.9. The smallest absolute Gasteiger partial charge is 0.248 e. The first-order valence-electron chi connectivity index (χ1n) is 7.32. The van der Waals surface area contributed by atoms with Gasteiger partial charge in [-0.15, -0.1) is 10.2 Å².